The van der Waals surface area contributed by atoms with Gasteiger partial charge in [-0.15, -0.1) is 0 Å². The van der Waals surface area contributed by atoms with Crippen molar-refractivity contribution in [2.45, 2.75) is 6.92 Å². The van der Waals surface area contributed by atoms with E-state index in [0.717, 1.165) is 4.47 Å². The van der Waals surface area contributed by atoms with E-state index < -0.39 is 0 Å². The molecule has 0 saturated heterocycles. The standard InChI is InChI=1S/C10H7BrO3/c1-5(12)10-9(13)7-3-2-6(11)4-8(7)14-10/h2-4,13H,1H3. The highest BCUT2D eigenvalue weighted by Crippen LogP contribution is 2.33. The number of rotatable bonds is 1. The van der Waals surface area contributed by atoms with E-state index in [1.165, 1.54) is 6.92 Å². The molecule has 1 aromatic carbocycles. The van der Waals surface area contributed by atoms with Gasteiger partial charge in [-0.2, -0.15) is 0 Å². The van der Waals surface area contributed by atoms with Crippen molar-refractivity contribution in [2.24, 2.45) is 0 Å². The fourth-order valence-electron chi connectivity index (χ4n) is 1.30. The van der Waals surface area contributed by atoms with Crippen molar-refractivity contribution in [3.05, 3.63) is 28.4 Å². The lowest BCUT2D eigenvalue weighted by Crippen LogP contribution is -1.87. The normalized spacial score (nSPS) is 10.7. The van der Waals surface area contributed by atoms with Gasteiger partial charge < -0.3 is 9.52 Å². The highest BCUT2D eigenvalue weighted by molar-refractivity contribution is 9.10. The maximum absolute atomic E-state index is 11.1. The summed E-state index contributed by atoms with van der Waals surface area (Å²) < 4.78 is 6.05. The molecule has 1 N–H and O–H groups in total. The van der Waals surface area contributed by atoms with Crippen LogP contribution in [-0.4, -0.2) is 10.9 Å². The van der Waals surface area contributed by atoms with E-state index in [-0.39, 0.29) is 17.3 Å². The summed E-state index contributed by atoms with van der Waals surface area (Å²) in [5, 5.41) is 10.2. The van der Waals surface area contributed by atoms with Gasteiger partial charge in [-0.25, -0.2) is 0 Å². The first-order valence-electron chi connectivity index (χ1n) is 4.01. The maximum Gasteiger partial charge on any atom is 0.212 e. The molecule has 0 unspecified atom stereocenters. The summed E-state index contributed by atoms with van der Waals surface area (Å²) in [6.45, 7) is 1.35. The van der Waals surface area contributed by atoms with Gasteiger partial charge in [0.25, 0.3) is 0 Å². The van der Waals surface area contributed by atoms with Crippen LogP contribution < -0.4 is 0 Å². The van der Waals surface area contributed by atoms with Gasteiger partial charge in [0, 0.05) is 11.4 Å². The van der Waals surface area contributed by atoms with Crippen molar-refractivity contribution in [1.29, 1.82) is 0 Å². The summed E-state index contributed by atoms with van der Waals surface area (Å²) in [6.07, 6.45) is 0. The molecule has 0 aliphatic rings. The van der Waals surface area contributed by atoms with Crippen LogP contribution in [0.4, 0.5) is 0 Å². The Labute approximate surface area is 88.5 Å². The molecular formula is C10H7BrO3. The van der Waals surface area contributed by atoms with Crippen molar-refractivity contribution in [2.75, 3.05) is 0 Å². The molecule has 14 heavy (non-hydrogen) atoms. The molecular weight excluding hydrogens is 248 g/mol. The smallest absolute Gasteiger partial charge is 0.212 e. The summed E-state index contributed by atoms with van der Waals surface area (Å²) in [4.78, 5) is 11.1. The number of fused-ring (bicyclic) bond motifs is 1. The van der Waals surface area contributed by atoms with E-state index in [0.29, 0.717) is 11.0 Å². The van der Waals surface area contributed by atoms with Gasteiger partial charge in [0.05, 0.1) is 5.39 Å². The SMILES string of the molecule is CC(=O)c1oc2cc(Br)ccc2c1O. The Morgan fingerprint density at radius 2 is 2.21 bits per heavy atom. The van der Waals surface area contributed by atoms with Crippen molar-refractivity contribution in [3.8, 4) is 5.75 Å². The molecule has 0 radical (unpaired) electrons. The van der Waals surface area contributed by atoms with E-state index >= 15 is 0 Å². The second kappa shape index (κ2) is 3.13. The zero-order valence-corrected chi connectivity index (χ0v) is 8.96. The van der Waals surface area contributed by atoms with Crippen molar-refractivity contribution in [1.82, 2.24) is 0 Å². The van der Waals surface area contributed by atoms with Crippen LogP contribution in [-0.2, 0) is 0 Å². The molecule has 1 aromatic heterocycles. The van der Waals surface area contributed by atoms with Gasteiger partial charge in [0.1, 0.15) is 5.58 Å². The number of Topliss-reactive ketones (excluding diaryl/α,β-unsaturated/α-hetero) is 1. The van der Waals surface area contributed by atoms with Crippen LogP contribution in [0.15, 0.2) is 27.1 Å². The minimum absolute atomic E-state index is 0.0121. The lowest BCUT2D eigenvalue weighted by Gasteiger charge is -1.89. The van der Waals surface area contributed by atoms with E-state index in [9.17, 15) is 9.90 Å². The van der Waals surface area contributed by atoms with Gasteiger partial charge >= 0.3 is 0 Å². The number of furan rings is 1. The van der Waals surface area contributed by atoms with Crippen LogP contribution in [0.25, 0.3) is 11.0 Å². The van der Waals surface area contributed by atoms with Crippen LogP contribution in [0.2, 0.25) is 0 Å². The predicted octanol–water partition coefficient (Wildman–Crippen LogP) is 3.10. The van der Waals surface area contributed by atoms with Crippen LogP contribution in [0.1, 0.15) is 17.5 Å². The largest absolute Gasteiger partial charge is 0.504 e. The zero-order valence-electron chi connectivity index (χ0n) is 7.37. The number of hydrogen-bond donors (Lipinski definition) is 1. The summed E-state index contributed by atoms with van der Waals surface area (Å²) in [5.41, 5.74) is 0.502. The maximum atomic E-state index is 11.1. The van der Waals surface area contributed by atoms with Crippen LogP contribution in [0.5, 0.6) is 5.75 Å². The van der Waals surface area contributed by atoms with Gasteiger partial charge in [-0.3, -0.25) is 4.79 Å². The lowest BCUT2D eigenvalue weighted by molar-refractivity contribution is 0.0985. The first kappa shape index (κ1) is 9.27. The minimum Gasteiger partial charge on any atom is -0.504 e. The van der Waals surface area contributed by atoms with E-state index in [1.54, 1.807) is 18.2 Å². The summed E-state index contributed by atoms with van der Waals surface area (Å²) in [5.74, 6) is -0.354. The van der Waals surface area contributed by atoms with Crippen molar-refractivity contribution >= 4 is 32.7 Å². The van der Waals surface area contributed by atoms with E-state index in [1.807, 2.05) is 0 Å². The van der Waals surface area contributed by atoms with Gasteiger partial charge in [0.2, 0.25) is 5.76 Å². The summed E-state index contributed by atoms with van der Waals surface area (Å²) in [6, 6.07) is 5.19. The molecule has 0 atom stereocenters. The molecule has 0 bridgehead atoms. The Morgan fingerprint density at radius 1 is 1.50 bits per heavy atom. The predicted molar refractivity (Wildman–Crippen MR) is 55.6 cm³/mol. The zero-order chi connectivity index (χ0) is 10.3. The second-order valence-electron chi connectivity index (χ2n) is 2.98. The number of hydrogen-bond acceptors (Lipinski definition) is 3. The lowest BCUT2D eigenvalue weighted by atomic mass is 10.2. The Balaban J connectivity index is 2.79. The molecule has 4 heteroatoms. The fourth-order valence-corrected chi connectivity index (χ4v) is 1.64. The van der Waals surface area contributed by atoms with E-state index in [4.69, 9.17) is 4.42 Å². The topological polar surface area (TPSA) is 50.4 Å². The molecule has 0 saturated carbocycles. The third-order valence-corrected chi connectivity index (χ3v) is 2.44. The summed E-state index contributed by atoms with van der Waals surface area (Å²) in [7, 11) is 0. The van der Waals surface area contributed by atoms with E-state index in [2.05, 4.69) is 15.9 Å². The molecule has 1 heterocycles. The number of benzene rings is 1. The highest BCUT2D eigenvalue weighted by atomic mass is 79.9. The highest BCUT2D eigenvalue weighted by Gasteiger charge is 2.16. The molecule has 0 spiro atoms. The molecule has 0 aliphatic heterocycles. The summed E-state index contributed by atoms with van der Waals surface area (Å²) >= 11 is 3.28. The Hall–Kier alpha value is -1.29. The van der Waals surface area contributed by atoms with Crippen LogP contribution in [0, 0.1) is 0 Å². The third-order valence-electron chi connectivity index (χ3n) is 1.95. The van der Waals surface area contributed by atoms with Crippen molar-refractivity contribution in [3.63, 3.8) is 0 Å². The van der Waals surface area contributed by atoms with Gasteiger partial charge in [-0.1, -0.05) is 15.9 Å². The van der Waals surface area contributed by atoms with Gasteiger partial charge in [0.15, 0.2) is 11.5 Å². The number of halogens is 1. The Morgan fingerprint density at radius 3 is 2.86 bits per heavy atom. The average Bonchev–Trinajstić information content (AvgIpc) is 2.43. The molecule has 2 rings (SSSR count). The third kappa shape index (κ3) is 1.32. The minimum atomic E-state index is -0.283. The Kier molecular flexibility index (Phi) is 2.07. The first-order chi connectivity index (χ1) is 6.59. The second-order valence-corrected chi connectivity index (χ2v) is 3.89. The number of carbonyl (C=O) groups excluding carboxylic acids is 1. The molecule has 3 nitrogen and oxygen atoms in total. The molecule has 0 fully saturated rings. The van der Waals surface area contributed by atoms with Crippen LogP contribution in [0.3, 0.4) is 0 Å². The fraction of sp³-hybridized carbons (Fsp3) is 0.100. The average molecular weight is 255 g/mol. The van der Waals surface area contributed by atoms with Crippen molar-refractivity contribution < 1.29 is 14.3 Å². The van der Waals surface area contributed by atoms with Gasteiger partial charge in [-0.05, 0) is 18.2 Å². The number of carbonyl (C=O) groups is 1. The number of ketones is 1. The van der Waals surface area contributed by atoms with Crippen LogP contribution >= 0.6 is 15.9 Å². The molecule has 0 aliphatic carbocycles. The monoisotopic (exact) mass is 254 g/mol. The first-order valence-corrected chi connectivity index (χ1v) is 4.81. The quantitative estimate of drug-likeness (QED) is 0.796. The Bertz CT molecular complexity index is 513. The molecule has 2 aromatic rings. The molecule has 0 amide bonds. The molecule has 72 valence electrons. The number of aromatic hydroxyl groups is 1.